The van der Waals surface area contributed by atoms with E-state index in [9.17, 15) is 14.4 Å². The highest BCUT2D eigenvalue weighted by atomic mass is 16.5. The van der Waals surface area contributed by atoms with Crippen LogP contribution in [0.2, 0.25) is 0 Å². The monoisotopic (exact) mass is 306 g/mol. The lowest BCUT2D eigenvalue weighted by Crippen LogP contribution is -2.44. The van der Waals surface area contributed by atoms with Crippen LogP contribution < -0.4 is 10.6 Å². The maximum absolute atomic E-state index is 11.5. The number of hydrogen-bond donors (Lipinski definition) is 2. The van der Waals surface area contributed by atoms with Crippen molar-refractivity contribution in [3.63, 3.8) is 0 Å². The van der Waals surface area contributed by atoms with Gasteiger partial charge in [0.15, 0.2) is 6.61 Å². The molecule has 6 heteroatoms. The van der Waals surface area contributed by atoms with Crippen molar-refractivity contribution in [3.05, 3.63) is 35.9 Å². The summed E-state index contributed by atoms with van der Waals surface area (Å²) in [7, 11) is 0. The Labute approximate surface area is 130 Å². The highest BCUT2D eigenvalue weighted by Gasteiger charge is 2.12. The number of benzene rings is 1. The normalized spacial score (nSPS) is 11.4. The molecule has 1 atom stereocenters. The molecule has 2 N–H and O–H groups in total. The van der Waals surface area contributed by atoms with Gasteiger partial charge in [-0.05, 0) is 25.3 Å². The molecule has 0 spiro atoms. The zero-order valence-electron chi connectivity index (χ0n) is 12.9. The highest BCUT2D eigenvalue weighted by Crippen LogP contribution is 2.03. The van der Waals surface area contributed by atoms with Crippen LogP contribution in [0, 0.1) is 0 Å². The largest absolute Gasteiger partial charge is 0.456 e. The van der Waals surface area contributed by atoms with E-state index in [-0.39, 0.29) is 12.5 Å². The Morgan fingerprint density at radius 1 is 1.18 bits per heavy atom. The number of urea groups is 1. The van der Waals surface area contributed by atoms with Gasteiger partial charge in [0.1, 0.15) is 0 Å². The zero-order valence-corrected chi connectivity index (χ0v) is 12.9. The van der Waals surface area contributed by atoms with E-state index in [2.05, 4.69) is 10.6 Å². The van der Waals surface area contributed by atoms with E-state index in [1.54, 1.807) is 0 Å². The van der Waals surface area contributed by atoms with E-state index < -0.39 is 24.5 Å². The number of rotatable bonds is 7. The lowest BCUT2D eigenvalue weighted by molar-refractivity contribution is -0.148. The topological polar surface area (TPSA) is 84.5 Å². The van der Waals surface area contributed by atoms with Gasteiger partial charge in [-0.25, -0.2) is 4.79 Å². The van der Waals surface area contributed by atoms with Gasteiger partial charge in [0, 0.05) is 12.5 Å². The van der Waals surface area contributed by atoms with Gasteiger partial charge in [-0.15, -0.1) is 0 Å². The Morgan fingerprint density at radius 2 is 1.86 bits per heavy atom. The second kappa shape index (κ2) is 9.55. The number of hydrogen-bond acceptors (Lipinski definition) is 4. The number of carbonyl (C=O) groups is 3. The average molecular weight is 306 g/mol. The summed E-state index contributed by atoms with van der Waals surface area (Å²) in [4.78, 5) is 34.4. The van der Waals surface area contributed by atoms with Gasteiger partial charge in [0.25, 0.3) is 5.91 Å². The second-order valence-corrected chi connectivity index (χ2v) is 4.98. The van der Waals surface area contributed by atoms with Crippen LogP contribution in [0.15, 0.2) is 30.3 Å². The van der Waals surface area contributed by atoms with E-state index in [1.165, 1.54) is 0 Å². The van der Waals surface area contributed by atoms with Crippen molar-refractivity contribution in [1.82, 2.24) is 10.6 Å². The molecule has 0 radical (unpaired) electrons. The smallest absolute Gasteiger partial charge is 0.321 e. The van der Waals surface area contributed by atoms with Gasteiger partial charge in [0.2, 0.25) is 0 Å². The minimum absolute atomic E-state index is 0.0266. The molecule has 120 valence electrons. The third kappa shape index (κ3) is 7.42. The molecule has 1 rings (SSSR count). The molecular formula is C16H22N2O4. The van der Waals surface area contributed by atoms with Crippen molar-refractivity contribution >= 4 is 17.9 Å². The Morgan fingerprint density at radius 3 is 2.50 bits per heavy atom. The number of ether oxygens (including phenoxy) is 1. The fourth-order valence-corrected chi connectivity index (χ4v) is 1.63. The Hall–Kier alpha value is -2.37. The standard InChI is InChI=1S/C16H22N2O4/c1-3-12(2)17-16(21)18-14(19)11-22-15(20)10-9-13-7-5-4-6-8-13/h4-8,12H,3,9-11H2,1-2H3,(H2,17,18,19,21)/t12-/m0/s1. The molecule has 0 aromatic heterocycles. The van der Waals surface area contributed by atoms with Crippen LogP contribution in [0.3, 0.4) is 0 Å². The molecule has 0 heterocycles. The van der Waals surface area contributed by atoms with E-state index in [0.29, 0.717) is 6.42 Å². The third-order valence-corrected chi connectivity index (χ3v) is 3.07. The van der Waals surface area contributed by atoms with Gasteiger partial charge in [-0.2, -0.15) is 0 Å². The number of carbonyl (C=O) groups excluding carboxylic acids is 3. The summed E-state index contributed by atoms with van der Waals surface area (Å²) in [6, 6.07) is 8.91. The number of esters is 1. The first-order valence-corrected chi connectivity index (χ1v) is 7.31. The summed E-state index contributed by atoms with van der Waals surface area (Å²) in [6.07, 6.45) is 1.50. The molecule has 1 aromatic carbocycles. The summed E-state index contributed by atoms with van der Waals surface area (Å²) < 4.78 is 4.83. The van der Waals surface area contributed by atoms with Gasteiger partial charge >= 0.3 is 12.0 Å². The molecule has 0 saturated heterocycles. The SMILES string of the molecule is CC[C@H](C)NC(=O)NC(=O)COC(=O)CCc1ccccc1. The van der Waals surface area contributed by atoms with Gasteiger partial charge in [-0.3, -0.25) is 14.9 Å². The maximum atomic E-state index is 11.5. The van der Waals surface area contributed by atoms with E-state index in [1.807, 2.05) is 44.2 Å². The summed E-state index contributed by atoms with van der Waals surface area (Å²) in [5.41, 5.74) is 1.02. The van der Waals surface area contributed by atoms with Gasteiger partial charge in [0.05, 0.1) is 0 Å². The predicted octanol–water partition coefficient (Wildman–Crippen LogP) is 1.79. The van der Waals surface area contributed by atoms with Crippen LogP contribution >= 0.6 is 0 Å². The fraction of sp³-hybridized carbons (Fsp3) is 0.438. The van der Waals surface area contributed by atoms with Crippen molar-refractivity contribution in [3.8, 4) is 0 Å². The number of imide groups is 1. The van der Waals surface area contributed by atoms with Crippen molar-refractivity contribution in [1.29, 1.82) is 0 Å². The van der Waals surface area contributed by atoms with Crippen molar-refractivity contribution in [2.75, 3.05) is 6.61 Å². The van der Waals surface area contributed by atoms with Gasteiger partial charge in [-0.1, -0.05) is 37.3 Å². The lowest BCUT2D eigenvalue weighted by Gasteiger charge is -2.11. The molecule has 22 heavy (non-hydrogen) atoms. The van der Waals surface area contributed by atoms with Crippen LogP contribution in [-0.4, -0.2) is 30.6 Å². The Bertz CT molecular complexity index is 502. The van der Waals surface area contributed by atoms with Gasteiger partial charge < -0.3 is 10.1 Å². The molecule has 1 aromatic rings. The molecule has 3 amide bonds. The summed E-state index contributed by atoms with van der Waals surface area (Å²) in [5.74, 6) is -1.12. The quantitative estimate of drug-likeness (QED) is 0.752. The number of aryl methyl sites for hydroxylation is 1. The predicted molar refractivity (Wildman–Crippen MR) is 82.1 cm³/mol. The maximum Gasteiger partial charge on any atom is 0.321 e. The van der Waals surface area contributed by atoms with E-state index >= 15 is 0 Å². The van der Waals surface area contributed by atoms with Crippen molar-refractivity contribution in [2.24, 2.45) is 0 Å². The highest BCUT2D eigenvalue weighted by molar-refractivity contribution is 5.95. The number of amides is 3. The van der Waals surface area contributed by atoms with Crippen LogP contribution in [0.1, 0.15) is 32.3 Å². The molecule has 0 unspecified atom stereocenters. The Balaban J connectivity index is 2.20. The van der Waals surface area contributed by atoms with Crippen molar-refractivity contribution < 1.29 is 19.1 Å². The molecule has 0 aliphatic heterocycles. The fourth-order valence-electron chi connectivity index (χ4n) is 1.63. The Kier molecular flexibility index (Phi) is 7.67. The zero-order chi connectivity index (χ0) is 16.4. The molecule has 0 aliphatic carbocycles. The molecular weight excluding hydrogens is 284 g/mol. The van der Waals surface area contributed by atoms with Crippen LogP contribution in [-0.2, 0) is 20.7 Å². The minimum Gasteiger partial charge on any atom is -0.456 e. The first kappa shape index (κ1) is 17.7. The molecule has 0 fully saturated rings. The lowest BCUT2D eigenvalue weighted by atomic mass is 10.1. The number of nitrogens with one attached hydrogen (secondary N) is 2. The summed E-state index contributed by atoms with van der Waals surface area (Å²) in [6.45, 7) is 3.29. The second-order valence-electron chi connectivity index (χ2n) is 4.98. The molecule has 0 aliphatic rings. The van der Waals surface area contributed by atoms with E-state index in [4.69, 9.17) is 4.74 Å². The average Bonchev–Trinajstić information content (AvgIpc) is 2.51. The summed E-state index contributed by atoms with van der Waals surface area (Å²) >= 11 is 0. The van der Waals surface area contributed by atoms with Crippen molar-refractivity contribution in [2.45, 2.75) is 39.2 Å². The van der Waals surface area contributed by atoms with Crippen LogP contribution in [0.5, 0.6) is 0 Å². The molecule has 0 bridgehead atoms. The van der Waals surface area contributed by atoms with Crippen LogP contribution in [0.4, 0.5) is 4.79 Å². The molecule has 6 nitrogen and oxygen atoms in total. The van der Waals surface area contributed by atoms with Crippen LogP contribution in [0.25, 0.3) is 0 Å². The molecule has 0 saturated carbocycles. The minimum atomic E-state index is -0.645. The first-order chi connectivity index (χ1) is 10.5. The first-order valence-electron chi connectivity index (χ1n) is 7.31. The third-order valence-electron chi connectivity index (χ3n) is 3.07. The summed E-state index contributed by atoms with van der Waals surface area (Å²) in [5, 5.41) is 4.69. The van der Waals surface area contributed by atoms with E-state index in [0.717, 1.165) is 12.0 Å².